The summed E-state index contributed by atoms with van der Waals surface area (Å²) in [6.45, 7) is 1.82. The first-order valence-corrected chi connectivity index (χ1v) is 9.19. The molecule has 0 aliphatic carbocycles. The zero-order valence-electron chi connectivity index (χ0n) is 15.1. The number of benzene rings is 1. The van der Waals surface area contributed by atoms with Gasteiger partial charge in [-0.05, 0) is 56.9 Å². The normalized spacial score (nSPS) is 23.9. The van der Waals surface area contributed by atoms with Crippen LogP contribution in [0, 0.1) is 12.7 Å². The van der Waals surface area contributed by atoms with Crippen LogP contribution in [0.3, 0.4) is 0 Å². The summed E-state index contributed by atoms with van der Waals surface area (Å²) in [5, 5.41) is 3.03. The fourth-order valence-corrected chi connectivity index (χ4v) is 4.14. The molecule has 0 saturated carbocycles. The minimum absolute atomic E-state index is 0.00960. The van der Waals surface area contributed by atoms with Gasteiger partial charge >= 0.3 is 0 Å². The molecule has 2 aromatic rings. The largest absolute Gasteiger partial charge is 0.348 e. The monoisotopic (exact) mass is 368 g/mol. The maximum absolute atomic E-state index is 13.1. The Balaban J connectivity index is 1.42. The van der Waals surface area contributed by atoms with Crippen molar-refractivity contribution in [3.8, 4) is 0 Å². The molecule has 0 spiro atoms. The third-order valence-electron chi connectivity index (χ3n) is 5.41. The van der Waals surface area contributed by atoms with Crippen molar-refractivity contribution < 1.29 is 14.0 Å². The van der Waals surface area contributed by atoms with Crippen LogP contribution in [-0.2, 0) is 0 Å². The lowest BCUT2D eigenvalue weighted by atomic mass is 9.96. The molecule has 2 aliphatic heterocycles. The lowest BCUT2D eigenvalue weighted by Gasteiger charge is -2.39. The number of aromatic nitrogens is 2. The smallest absolute Gasteiger partial charge is 0.271 e. The molecule has 2 amide bonds. The predicted octanol–water partition coefficient (Wildman–Crippen LogP) is 2.49. The Morgan fingerprint density at radius 3 is 2.33 bits per heavy atom. The molecule has 2 bridgehead atoms. The molecule has 1 aromatic carbocycles. The zero-order valence-corrected chi connectivity index (χ0v) is 15.1. The minimum atomic E-state index is -0.352. The molecule has 140 valence electrons. The van der Waals surface area contributed by atoms with E-state index in [-0.39, 0.29) is 35.8 Å². The van der Waals surface area contributed by atoms with Crippen LogP contribution >= 0.6 is 0 Å². The maximum Gasteiger partial charge on any atom is 0.271 e. The third-order valence-corrected chi connectivity index (χ3v) is 5.41. The van der Waals surface area contributed by atoms with Crippen LogP contribution < -0.4 is 5.32 Å². The Labute approximate surface area is 156 Å². The van der Waals surface area contributed by atoms with E-state index in [1.165, 1.54) is 30.5 Å². The van der Waals surface area contributed by atoms with Crippen LogP contribution in [0.2, 0.25) is 0 Å². The molecule has 2 fully saturated rings. The molecule has 2 unspecified atom stereocenters. The second-order valence-electron chi connectivity index (χ2n) is 7.29. The van der Waals surface area contributed by atoms with Gasteiger partial charge in [-0.15, -0.1) is 0 Å². The molecule has 2 saturated heterocycles. The van der Waals surface area contributed by atoms with E-state index in [4.69, 9.17) is 0 Å². The number of nitrogens with one attached hydrogen (secondary N) is 1. The summed E-state index contributed by atoms with van der Waals surface area (Å²) in [5.74, 6) is -0.642. The number of amides is 2. The van der Waals surface area contributed by atoms with Crippen LogP contribution in [0.5, 0.6) is 0 Å². The Hall–Kier alpha value is -2.83. The number of nitrogens with zero attached hydrogens (tertiary/aromatic N) is 3. The third kappa shape index (κ3) is 3.54. The molecule has 4 rings (SSSR count). The van der Waals surface area contributed by atoms with Gasteiger partial charge in [-0.2, -0.15) is 0 Å². The zero-order chi connectivity index (χ0) is 19.0. The molecule has 1 N–H and O–H groups in total. The summed E-state index contributed by atoms with van der Waals surface area (Å²) >= 11 is 0. The van der Waals surface area contributed by atoms with Crippen LogP contribution in [0.1, 0.15) is 52.2 Å². The van der Waals surface area contributed by atoms with E-state index in [2.05, 4.69) is 15.3 Å². The Kier molecular flexibility index (Phi) is 4.59. The van der Waals surface area contributed by atoms with E-state index in [1.54, 1.807) is 6.20 Å². The molecular formula is C20H21FN4O2. The predicted molar refractivity (Wildman–Crippen MR) is 96.6 cm³/mol. The number of piperidine rings is 1. The van der Waals surface area contributed by atoms with Gasteiger partial charge < -0.3 is 10.2 Å². The van der Waals surface area contributed by atoms with E-state index < -0.39 is 0 Å². The van der Waals surface area contributed by atoms with Gasteiger partial charge in [0.15, 0.2) is 0 Å². The van der Waals surface area contributed by atoms with Crippen LogP contribution in [0.15, 0.2) is 36.7 Å². The number of fused-ring (bicyclic) bond motifs is 2. The highest BCUT2D eigenvalue weighted by Gasteiger charge is 2.43. The second-order valence-corrected chi connectivity index (χ2v) is 7.29. The lowest BCUT2D eigenvalue weighted by molar-refractivity contribution is 0.0549. The standard InChI is InChI=1S/C20H21FN4O2/c1-12-10-23-18(11-22-12)19(26)24-15-8-16-6-7-17(9-15)25(16)20(27)13-2-4-14(21)5-3-13/h2-5,10-11,15-17H,6-9H2,1H3,(H,24,26). The van der Waals surface area contributed by atoms with Crippen molar-refractivity contribution in [1.82, 2.24) is 20.2 Å². The van der Waals surface area contributed by atoms with Crippen molar-refractivity contribution in [1.29, 1.82) is 0 Å². The van der Waals surface area contributed by atoms with Gasteiger partial charge in [-0.25, -0.2) is 9.37 Å². The number of carbonyl (C=O) groups excluding carboxylic acids is 2. The molecule has 0 radical (unpaired) electrons. The molecule has 2 atom stereocenters. The number of carbonyl (C=O) groups is 2. The fraction of sp³-hybridized carbons (Fsp3) is 0.400. The Morgan fingerprint density at radius 2 is 1.74 bits per heavy atom. The number of aryl methyl sites for hydroxylation is 1. The van der Waals surface area contributed by atoms with Crippen LogP contribution in [-0.4, -0.2) is 44.8 Å². The van der Waals surface area contributed by atoms with Gasteiger partial charge in [0, 0.05) is 29.9 Å². The highest BCUT2D eigenvalue weighted by Crippen LogP contribution is 2.37. The van der Waals surface area contributed by atoms with Crippen molar-refractivity contribution in [3.63, 3.8) is 0 Å². The van der Waals surface area contributed by atoms with Crippen molar-refractivity contribution >= 4 is 11.8 Å². The van der Waals surface area contributed by atoms with E-state index in [9.17, 15) is 14.0 Å². The summed E-state index contributed by atoms with van der Waals surface area (Å²) in [4.78, 5) is 35.4. The SMILES string of the molecule is Cc1cnc(C(=O)NC2CC3CCC(C2)N3C(=O)c2ccc(F)cc2)cn1. The quantitative estimate of drug-likeness (QED) is 0.903. The summed E-state index contributed by atoms with van der Waals surface area (Å²) in [7, 11) is 0. The second kappa shape index (κ2) is 7.06. The summed E-state index contributed by atoms with van der Waals surface area (Å²) < 4.78 is 13.1. The van der Waals surface area contributed by atoms with E-state index in [0.29, 0.717) is 24.1 Å². The first kappa shape index (κ1) is 17.6. The van der Waals surface area contributed by atoms with Crippen molar-refractivity contribution in [2.24, 2.45) is 0 Å². The number of halogens is 1. The van der Waals surface area contributed by atoms with Crippen molar-refractivity contribution in [2.45, 2.75) is 50.7 Å². The van der Waals surface area contributed by atoms with E-state index in [1.807, 2.05) is 11.8 Å². The van der Waals surface area contributed by atoms with Gasteiger partial charge in [-0.1, -0.05) is 0 Å². The molecule has 6 nitrogen and oxygen atoms in total. The summed E-state index contributed by atoms with van der Waals surface area (Å²) in [5.41, 5.74) is 1.57. The minimum Gasteiger partial charge on any atom is -0.348 e. The lowest BCUT2D eigenvalue weighted by Crippen LogP contribution is -2.52. The average molecular weight is 368 g/mol. The number of rotatable bonds is 3. The van der Waals surface area contributed by atoms with Crippen molar-refractivity contribution in [2.75, 3.05) is 0 Å². The Bertz CT molecular complexity index is 839. The van der Waals surface area contributed by atoms with E-state index >= 15 is 0 Å². The van der Waals surface area contributed by atoms with Crippen LogP contribution in [0.4, 0.5) is 4.39 Å². The molecule has 2 aliphatic rings. The first-order chi connectivity index (χ1) is 13.0. The highest BCUT2D eigenvalue weighted by molar-refractivity contribution is 5.95. The first-order valence-electron chi connectivity index (χ1n) is 9.19. The van der Waals surface area contributed by atoms with Crippen molar-refractivity contribution in [3.05, 3.63) is 59.4 Å². The van der Waals surface area contributed by atoms with Gasteiger partial charge in [0.05, 0.1) is 11.9 Å². The molecule has 27 heavy (non-hydrogen) atoms. The summed E-state index contributed by atoms with van der Waals surface area (Å²) in [6.07, 6.45) is 6.33. The van der Waals surface area contributed by atoms with E-state index in [0.717, 1.165) is 18.5 Å². The number of hydrogen-bond donors (Lipinski definition) is 1. The maximum atomic E-state index is 13.1. The fourth-order valence-electron chi connectivity index (χ4n) is 4.14. The van der Waals surface area contributed by atoms with Gasteiger partial charge in [0.2, 0.25) is 0 Å². The molecule has 7 heteroatoms. The highest BCUT2D eigenvalue weighted by atomic mass is 19.1. The summed E-state index contributed by atoms with van der Waals surface area (Å²) in [6, 6.07) is 5.87. The topological polar surface area (TPSA) is 75.2 Å². The molecule has 3 heterocycles. The van der Waals surface area contributed by atoms with Gasteiger partial charge in [0.1, 0.15) is 11.5 Å². The van der Waals surface area contributed by atoms with Gasteiger partial charge in [0.25, 0.3) is 11.8 Å². The van der Waals surface area contributed by atoms with Gasteiger partial charge in [-0.3, -0.25) is 14.6 Å². The molecular weight excluding hydrogens is 347 g/mol. The Morgan fingerprint density at radius 1 is 1.07 bits per heavy atom. The van der Waals surface area contributed by atoms with Crippen LogP contribution in [0.25, 0.3) is 0 Å². The average Bonchev–Trinajstić information content (AvgIpc) is 2.93. The number of hydrogen-bond acceptors (Lipinski definition) is 4. The molecule has 1 aromatic heterocycles.